The molecule has 0 radical (unpaired) electrons. The molecular formula is CaO5S2. The van der Waals surface area contributed by atoms with Gasteiger partial charge in [0.05, 0.1) is 10.1 Å². The van der Waals surface area contributed by atoms with Crippen LogP contribution in [-0.4, -0.2) is 59.5 Å². The van der Waals surface area contributed by atoms with Gasteiger partial charge in [0.1, 0.15) is 0 Å². The molecule has 5 nitrogen and oxygen atoms in total. The zero-order valence-corrected chi connectivity index (χ0v) is 7.41. The summed E-state index contributed by atoms with van der Waals surface area (Å²) >= 11 is 0. The fourth-order valence-electron chi connectivity index (χ4n) is 0. The number of rotatable bonds is 1. The normalized spacial score (nSPS) is 14.2. The van der Waals surface area contributed by atoms with Gasteiger partial charge in [-0.25, -0.2) is 8.42 Å². The predicted octanol–water partition coefficient (Wildman–Crippen LogP) is -2.06. The molecule has 0 aliphatic rings. The monoisotopic (exact) mass is 184 g/mol. The van der Waals surface area contributed by atoms with Gasteiger partial charge in [-0.05, 0) is 0 Å². The molecule has 8 heteroatoms. The molecule has 8 heavy (non-hydrogen) atoms. The van der Waals surface area contributed by atoms with E-state index in [9.17, 15) is 0 Å². The van der Waals surface area contributed by atoms with E-state index in [0.29, 0.717) is 0 Å². The molecule has 0 aliphatic carbocycles. The molecule has 0 N–H and O–H groups in total. The van der Waals surface area contributed by atoms with Crippen molar-refractivity contribution >= 4 is 57.0 Å². The van der Waals surface area contributed by atoms with Crippen molar-refractivity contribution < 1.29 is 21.7 Å². The molecule has 0 amide bonds. The maximum absolute atomic E-state index is 9.16. The molecule has 0 saturated carbocycles. The van der Waals surface area contributed by atoms with E-state index in [1.54, 1.807) is 0 Å². The first kappa shape index (κ1) is 12.0. The first-order valence-electron chi connectivity index (χ1n) is 1.00. The smallest absolute Gasteiger partial charge is 0.761 e. The molecule has 0 aliphatic heterocycles. The predicted molar refractivity (Wildman–Crippen MR) is 24.4 cm³/mol. The molecule has 44 valence electrons. The molecule has 0 aromatic carbocycles. The van der Waals surface area contributed by atoms with Crippen molar-refractivity contribution in [1.29, 1.82) is 0 Å². The second-order valence-corrected chi connectivity index (χ2v) is 3.88. The van der Waals surface area contributed by atoms with Crippen molar-refractivity contribution in [3.05, 3.63) is 0 Å². The van der Waals surface area contributed by atoms with Crippen LogP contribution >= 0.6 is 0 Å². The second kappa shape index (κ2) is 4.15. The summed E-state index contributed by atoms with van der Waals surface area (Å²) in [6, 6.07) is 0. The molecular weight excluding hydrogens is 184 g/mol. The largest absolute Gasteiger partial charge is 2.00 e. The molecule has 0 aromatic rings. The van der Waals surface area contributed by atoms with Crippen LogP contribution in [-0.2, 0) is 19.3 Å². The zero-order chi connectivity index (χ0) is 6.08. The van der Waals surface area contributed by atoms with Gasteiger partial charge in [0, 0.05) is 0 Å². The Kier molecular flexibility index (Phi) is 6.23. The van der Waals surface area contributed by atoms with Crippen LogP contribution in [0.15, 0.2) is 0 Å². The molecule has 0 aromatic heterocycles. The fourth-order valence-corrected chi connectivity index (χ4v) is 0. The minimum atomic E-state index is -5.07. The van der Waals surface area contributed by atoms with Crippen LogP contribution in [0.4, 0.5) is 0 Å². The van der Waals surface area contributed by atoms with Crippen molar-refractivity contribution in [2.45, 2.75) is 0 Å². The minimum Gasteiger partial charge on any atom is -0.761 e. The standard InChI is InChI=1S/Ca.H2O5S2/c;1-6(2)7(3,4)5/h;(H,1,2)(H,3,4,5)/q+2;/p-2. The Balaban J connectivity index is 0. The summed E-state index contributed by atoms with van der Waals surface area (Å²) < 4.78 is 45.7. The van der Waals surface area contributed by atoms with Gasteiger partial charge in [-0.15, -0.1) is 0 Å². The molecule has 0 saturated heterocycles. The van der Waals surface area contributed by atoms with E-state index in [-0.39, 0.29) is 37.7 Å². The Bertz CT molecular complexity index is 165. The average molecular weight is 184 g/mol. The van der Waals surface area contributed by atoms with Crippen LogP contribution in [0.3, 0.4) is 0 Å². The van der Waals surface area contributed by atoms with Gasteiger partial charge in [-0.3, -0.25) is 4.21 Å². The Morgan fingerprint density at radius 1 is 1.38 bits per heavy atom. The van der Waals surface area contributed by atoms with Crippen LogP contribution < -0.4 is 0 Å². The molecule has 1 unspecified atom stereocenters. The summed E-state index contributed by atoms with van der Waals surface area (Å²) in [6.07, 6.45) is 0. The number of hydrogen-bond donors (Lipinski definition) is 0. The Hall–Kier alpha value is 1.28. The van der Waals surface area contributed by atoms with Crippen LogP contribution in [0.25, 0.3) is 0 Å². The van der Waals surface area contributed by atoms with Gasteiger partial charge in [0.2, 0.25) is 0 Å². The van der Waals surface area contributed by atoms with Gasteiger partial charge in [-0.2, -0.15) is 0 Å². The van der Waals surface area contributed by atoms with Crippen molar-refractivity contribution in [1.82, 2.24) is 0 Å². The maximum atomic E-state index is 9.16. The Labute approximate surface area is 77.9 Å². The van der Waals surface area contributed by atoms with E-state index < -0.39 is 19.3 Å². The third kappa shape index (κ3) is 5.42. The fraction of sp³-hybridized carbons (Fsp3) is 0. The van der Waals surface area contributed by atoms with Crippen LogP contribution in [0.1, 0.15) is 0 Å². The van der Waals surface area contributed by atoms with Gasteiger partial charge in [-0.1, -0.05) is 0 Å². The van der Waals surface area contributed by atoms with Crippen LogP contribution in [0.5, 0.6) is 0 Å². The summed E-state index contributed by atoms with van der Waals surface area (Å²) in [4.78, 5) is 0. The third-order valence-electron chi connectivity index (χ3n) is 0.167. The van der Waals surface area contributed by atoms with Gasteiger partial charge in [0.15, 0.2) is 9.15 Å². The van der Waals surface area contributed by atoms with Crippen molar-refractivity contribution in [3.63, 3.8) is 0 Å². The van der Waals surface area contributed by atoms with E-state index in [1.807, 2.05) is 0 Å². The quantitative estimate of drug-likeness (QED) is 0.202. The third-order valence-corrected chi connectivity index (χ3v) is 1.50. The molecule has 0 rings (SSSR count). The Morgan fingerprint density at radius 2 is 1.50 bits per heavy atom. The van der Waals surface area contributed by atoms with Crippen molar-refractivity contribution in [3.8, 4) is 0 Å². The van der Waals surface area contributed by atoms with Crippen molar-refractivity contribution in [2.24, 2.45) is 0 Å². The molecule has 0 heterocycles. The van der Waals surface area contributed by atoms with Gasteiger partial charge < -0.3 is 9.11 Å². The van der Waals surface area contributed by atoms with Crippen LogP contribution in [0, 0.1) is 0 Å². The summed E-state index contributed by atoms with van der Waals surface area (Å²) in [5, 5.41) is 0. The van der Waals surface area contributed by atoms with Crippen LogP contribution in [0.2, 0.25) is 0 Å². The minimum absolute atomic E-state index is 0. The molecule has 0 fully saturated rings. The van der Waals surface area contributed by atoms with Crippen molar-refractivity contribution in [2.75, 3.05) is 0 Å². The molecule has 1 atom stereocenters. The number of hydrogen-bond acceptors (Lipinski definition) is 5. The molecule has 0 bridgehead atoms. The second-order valence-electron chi connectivity index (χ2n) is 0.612. The zero-order valence-electron chi connectivity index (χ0n) is 3.56. The maximum Gasteiger partial charge on any atom is 2.00 e. The molecule has 0 spiro atoms. The topological polar surface area (TPSA) is 97.3 Å². The van der Waals surface area contributed by atoms with E-state index in [1.165, 1.54) is 0 Å². The van der Waals surface area contributed by atoms with E-state index >= 15 is 0 Å². The first-order chi connectivity index (χ1) is 2.94. The summed E-state index contributed by atoms with van der Waals surface area (Å²) in [5.41, 5.74) is 0. The Morgan fingerprint density at radius 3 is 1.50 bits per heavy atom. The van der Waals surface area contributed by atoms with Gasteiger partial charge in [0.25, 0.3) is 0 Å². The van der Waals surface area contributed by atoms with Gasteiger partial charge >= 0.3 is 37.7 Å². The summed E-state index contributed by atoms with van der Waals surface area (Å²) in [5.74, 6) is 0. The first-order valence-corrected chi connectivity index (χ1v) is 4.00. The van der Waals surface area contributed by atoms with E-state index in [0.717, 1.165) is 0 Å². The summed E-state index contributed by atoms with van der Waals surface area (Å²) in [6.45, 7) is 0. The van der Waals surface area contributed by atoms with E-state index in [4.69, 9.17) is 21.7 Å². The SMILES string of the molecule is O=S([O-])S(=O)(=O)[O-].[Ca+2]. The average Bonchev–Trinajstić information content (AvgIpc) is 1.31. The summed E-state index contributed by atoms with van der Waals surface area (Å²) in [7, 11) is -8.59. The van der Waals surface area contributed by atoms with E-state index in [2.05, 4.69) is 0 Å².